The molecule has 0 saturated carbocycles. The number of aromatic nitrogens is 1. The summed E-state index contributed by atoms with van der Waals surface area (Å²) in [7, 11) is 0. The van der Waals surface area contributed by atoms with Crippen molar-refractivity contribution in [1.82, 2.24) is 4.98 Å². The average molecular weight is 236 g/mol. The minimum atomic E-state index is -0.838. The summed E-state index contributed by atoms with van der Waals surface area (Å²) < 4.78 is 0. The van der Waals surface area contributed by atoms with E-state index in [1.165, 1.54) is 11.8 Å². The second-order valence-corrected chi connectivity index (χ2v) is 4.45. The number of pyridine rings is 1. The van der Waals surface area contributed by atoms with Crippen molar-refractivity contribution in [2.45, 2.75) is 25.3 Å². The highest BCUT2D eigenvalue weighted by atomic mass is 32.2. The fourth-order valence-corrected chi connectivity index (χ4v) is 2.31. The lowest BCUT2D eigenvalue weighted by atomic mass is 10.1. The number of carboxylic acids is 1. The maximum Gasteiger partial charge on any atom is 0.304 e. The van der Waals surface area contributed by atoms with Crippen molar-refractivity contribution in [2.75, 3.05) is 5.75 Å². The highest BCUT2D eigenvalue weighted by Gasteiger charge is 2.09. The van der Waals surface area contributed by atoms with Crippen molar-refractivity contribution in [3.05, 3.63) is 22.9 Å². The third-order valence-corrected chi connectivity index (χ3v) is 2.96. The third-order valence-electron chi connectivity index (χ3n) is 1.98. The summed E-state index contributed by atoms with van der Waals surface area (Å²) in [4.78, 5) is 14.6. The predicted molar refractivity (Wildman–Crippen MR) is 61.4 cm³/mol. The molecule has 0 atom stereocenters. The number of carbonyl (C=O) groups is 1. The molecule has 0 aliphatic rings. The Bertz CT molecular complexity index is 452. The Hall–Kier alpha value is -1.54. The molecule has 0 fully saturated rings. The van der Waals surface area contributed by atoms with Gasteiger partial charge in [0.1, 0.15) is 11.1 Å². The van der Waals surface area contributed by atoms with Gasteiger partial charge in [0.05, 0.1) is 12.0 Å². The minimum Gasteiger partial charge on any atom is -0.481 e. The molecule has 16 heavy (non-hydrogen) atoms. The van der Waals surface area contributed by atoms with Gasteiger partial charge in [-0.25, -0.2) is 4.98 Å². The van der Waals surface area contributed by atoms with Gasteiger partial charge in [-0.1, -0.05) is 0 Å². The van der Waals surface area contributed by atoms with Crippen LogP contribution >= 0.6 is 11.8 Å². The Morgan fingerprint density at radius 1 is 1.62 bits per heavy atom. The lowest BCUT2D eigenvalue weighted by Gasteiger charge is -2.06. The van der Waals surface area contributed by atoms with Crippen molar-refractivity contribution >= 4 is 17.7 Å². The molecule has 0 aromatic carbocycles. The molecule has 1 rings (SSSR count). The number of nitriles is 1. The molecule has 4 nitrogen and oxygen atoms in total. The Kier molecular flexibility index (Phi) is 4.32. The SMILES string of the molecule is Cc1cc(C)c(C#N)c(SCCC(=O)O)n1. The molecule has 5 heteroatoms. The number of hydrogen-bond acceptors (Lipinski definition) is 4. The van der Waals surface area contributed by atoms with Crippen LogP contribution in [0.15, 0.2) is 11.1 Å². The number of thioether (sulfide) groups is 1. The molecule has 0 aliphatic carbocycles. The molecule has 0 amide bonds. The quantitative estimate of drug-likeness (QED) is 0.811. The van der Waals surface area contributed by atoms with E-state index in [1.807, 2.05) is 19.9 Å². The van der Waals surface area contributed by atoms with Crippen LogP contribution < -0.4 is 0 Å². The standard InChI is InChI=1S/C11H12N2O2S/c1-7-5-8(2)13-11(9(7)6-12)16-4-3-10(14)15/h5H,3-4H2,1-2H3,(H,14,15). The highest BCUT2D eigenvalue weighted by molar-refractivity contribution is 7.99. The van der Waals surface area contributed by atoms with Gasteiger partial charge in [-0.2, -0.15) is 5.26 Å². The predicted octanol–water partition coefficient (Wildman–Crippen LogP) is 2.14. The van der Waals surface area contributed by atoms with E-state index in [2.05, 4.69) is 11.1 Å². The first kappa shape index (κ1) is 12.5. The lowest BCUT2D eigenvalue weighted by Crippen LogP contribution is -1.99. The first-order chi connectivity index (χ1) is 7.54. The van der Waals surface area contributed by atoms with E-state index in [9.17, 15) is 4.79 Å². The van der Waals surface area contributed by atoms with Crippen LogP contribution in [0.1, 0.15) is 23.2 Å². The normalized spacial score (nSPS) is 9.81. The zero-order valence-corrected chi connectivity index (χ0v) is 9.97. The summed E-state index contributed by atoms with van der Waals surface area (Å²) in [6.07, 6.45) is 0.0736. The second-order valence-electron chi connectivity index (χ2n) is 3.36. The van der Waals surface area contributed by atoms with E-state index >= 15 is 0 Å². The number of hydrogen-bond donors (Lipinski definition) is 1. The summed E-state index contributed by atoms with van der Waals surface area (Å²) in [5, 5.41) is 18.1. The van der Waals surface area contributed by atoms with Gasteiger partial charge < -0.3 is 5.11 Å². The van der Waals surface area contributed by atoms with E-state index in [0.29, 0.717) is 16.3 Å². The lowest BCUT2D eigenvalue weighted by molar-refractivity contribution is -0.136. The smallest absolute Gasteiger partial charge is 0.304 e. The van der Waals surface area contributed by atoms with E-state index in [0.717, 1.165) is 11.3 Å². The molecule has 0 unspecified atom stereocenters. The molecule has 0 aliphatic heterocycles. The highest BCUT2D eigenvalue weighted by Crippen LogP contribution is 2.23. The molecule has 1 aromatic rings. The Morgan fingerprint density at radius 2 is 2.31 bits per heavy atom. The molecule has 84 valence electrons. The molecule has 0 radical (unpaired) electrons. The fraction of sp³-hybridized carbons (Fsp3) is 0.364. The summed E-state index contributed by atoms with van der Waals surface area (Å²) in [6.45, 7) is 3.71. The van der Waals surface area contributed by atoms with Crippen molar-refractivity contribution in [1.29, 1.82) is 5.26 Å². The van der Waals surface area contributed by atoms with Gasteiger partial charge in [-0.3, -0.25) is 4.79 Å². The molecule has 1 aromatic heterocycles. The largest absolute Gasteiger partial charge is 0.481 e. The van der Waals surface area contributed by atoms with E-state index < -0.39 is 5.97 Å². The molecule has 1 N–H and O–H groups in total. The Labute approximate surface area is 98.3 Å². The van der Waals surface area contributed by atoms with Crippen molar-refractivity contribution < 1.29 is 9.90 Å². The molecule has 0 spiro atoms. The van der Waals surface area contributed by atoms with Crippen LogP contribution in [0.4, 0.5) is 0 Å². The zero-order chi connectivity index (χ0) is 12.1. The van der Waals surface area contributed by atoms with Crippen molar-refractivity contribution in [3.63, 3.8) is 0 Å². The van der Waals surface area contributed by atoms with Gasteiger partial charge in [0.25, 0.3) is 0 Å². The van der Waals surface area contributed by atoms with Gasteiger partial charge in [-0.05, 0) is 25.5 Å². The first-order valence-corrected chi connectivity index (χ1v) is 5.76. The number of aliphatic carboxylic acids is 1. The summed E-state index contributed by atoms with van der Waals surface area (Å²) in [5.41, 5.74) is 2.27. The topological polar surface area (TPSA) is 74.0 Å². The zero-order valence-electron chi connectivity index (χ0n) is 9.15. The van der Waals surface area contributed by atoms with E-state index in [-0.39, 0.29) is 6.42 Å². The van der Waals surface area contributed by atoms with Crippen LogP contribution in [-0.2, 0) is 4.79 Å². The molecule has 0 saturated heterocycles. The maximum atomic E-state index is 10.4. The van der Waals surface area contributed by atoms with Crippen LogP contribution in [0.2, 0.25) is 0 Å². The summed E-state index contributed by atoms with van der Waals surface area (Å²) >= 11 is 1.31. The van der Waals surface area contributed by atoms with Gasteiger partial charge in [0.15, 0.2) is 0 Å². The molecular formula is C11H12N2O2S. The van der Waals surface area contributed by atoms with Gasteiger partial charge >= 0.3 is 5.97 Å². The van der Waals surface area contributed by atoms with E-state index in [1.54, 1.807) is 0 Å². The first-order valence-electron chi connectivity index (χ1n) is 4.77. The van der Waals surface area contributed by atoms with Gasteiger partial charge in [0, 0.05) is 11.4 Å². The van der Waals surface area contributed by atoms with Gasteiger partial charge in [-0.15, -0.1) is 11.8 Å². The Morgan fingerprint density at radius 3 is 2.88 bits per heavy atom. The number of rotatable bonds is 4. The minimum absolute atomic E-state index is 0.0736. The van der Waals surface area contributed by atoms with Crippen LogP contribution in [0, 0.1) is 25.2 Å². The third kappa shape index (κ3) is 3.24. The molecule has 0 bridgehead atoms. The number of carboxylic acid groups (broad SMARTS) is 1. The summed E-state index contributed by atoms with van der Waals surface area (Å²) in [5.74, 6) is -0.407. The average Bonchev–Trinajstić information content (AvgIpc) is 2.16. The molecule has 1 heterocycles. The summed E-state index contributed by atoms with van der Waals surface area (Å²) in [6, 6.07) is 3.95. The van der Waals surface area contributed by atoms with Crippen LogP contribution in [0.25, 0.3) is 0 Å². The maximum absolute atomic E-state index is 10.4. The van der Waals surface area contributed by atoms with Crippen LogP contribution in [0.3, 0.4) is 0 Å². The Balaban J connectivity index is 2.86. The fourth-order valence-electron chi connectivity index (χ4n) is 1.28. The number of nitrogens with zero attached hydrogens (tertiary/aromatic N) is 2. The van der Waals surface area contributed by atoms with Crippen LogP contribution in [-0.4, -0.2) is 21.8 Å². The molecular weight excluding hydrogens is 224 g/mol. The van der Waals surface area contributed by atoms with Crippen LogP contribution in [0.5, 0.6) is 0 Å². The van der Waals surface area contributed by atoms with Crippen molar-refractivity contribution in [3.8, 4) is 6.07 Å². The van der Waals surface area contributed by atoms with E-state index in [4.69, 9.17) is 10.4 Å². The van der Waals surface area contributed by atoms with Crippen molar-refractivity contribution in [2.24, 2.45) is 0 Å². The monoisotopic (exact) mass is 236 g/mol. The van der Waals surface area contributed by atoms with Gasteiger partial charge in [0.2, 0.25) is 0 Å². The second kappa shape index (κ2) is 5.52. The number of aryl methyl sites for hydroxylation is 2.